The molecule has 11 heteroatoms. The van der Waals surface area contributed by atoms with Gasteiger partial charge in [0.1, 0.15) is 0 Å². The Hall–Kier alpha value is -0.270. The van der Waals surface area contributed by atoms with Gasteiger partial charge in [-0.05, 0) is 0 Å². The Bertz CT molecular complexity index is 211. The topological polar surface area (TPSA) is 0 Å². The summed E-state index contributed by atoms with van der Waals surface area (Å²) in [5.74, 6) is 0. The summed E-state index contributed by atoms with van der Waals surface area (Å²) >= 11 is 0. The van der Waals surface area contributed by atoms with E-state index in [1.54, 1.807) is 0 Å². The minimum absolute atomic E-state index is 7.34. The zero-order valence-electron chi connectivity index (χ0n) is 5.23. The first kappa shape index (κ1) is 12.7. The molecule has 0 nitrogen and oxygen atoms in total. The Balaban J connectivity index is 5.60. The van der Waals surface area contributed by atoms with Crippen molar-refractivity contribution in [2.45, 2.75) is 11.8 Å². The van der Waals surface area contributed by atoms with Gasteiger partial charge in [-0.1, -0.05) is 0 Å². The van der Waals surface area contributed by atoms with E-state index in [9.17, 15) is 42.9 Å². The standard InChI is InChI=1S/C2F10P/c3-1(4,5)2(6,7)13(8,9,10,11)12/q-1. The van der Waals surface area contributed by atoms with Crippen LogP contribution >= 0.6 is 7.50 Å². The van der Waals surface area contributed by atoms with Crippen molar-refractivity contribution in [3.63, 3.8) is 0 Å². The second kappa shape index (κ2) is 1.89. The van der Waals surface area contributed by atoms with E-state index in [0.29, 0.717) is 0 Å². The number of halogens is 10. The normalized spacial score (nSPS) is 20.8. The first-order chi connectivity index (χ1) is 5.00. The molecule has 0 fully saturated rings. The molecule has 0 aliphatic carbocycles. The van der Waals surface area contributed by atoms with Crippen LogP contribution in [0.1, 0.15) is 0 Å². The van der Waals surface area contributed by atoms with Crippen molar-refractivity contribution in [2.24, 2.45) is 0 Å². The van der Waals surface area contributed by atoms with Crippen LogP contribution in [0.5, 0.6) is 0 Å². The van der Waals surface area contributed by atoms with E-state index in [2.05, 4.69) is 0 Å². The van der Waals surface area contributed by atoms with Gasteiger partial charge in [-0.2, -0.15) is 0 Å². The van der Waals surface area contributed by atoms with Gasteiger partial charge in [-0.25, -0.2) is 0 Å². The molecule has 0 radical (unpaired) electrons. The molecule has 0 rings (SSSR count). The van der Waals surface area contributed by atoms with Crippen LogP contribution in [0.4, 0.5) is 42.9 Å². The van der Waals surface area contributed by atoms with Crippen LogP contribution < -0.4 is 0 Å². The molecule has 0 spiro atoms. The fourth-order valence-corrected chi connectivity index (χ4v) is 0.719. The molecule has 84 valence electrons. The molecule has 0 atom stereocenters. The quantitative estimate of drug-likeness (QED) is 0.465. The monoisotopic (exact) mass is 245 g/mol. The summed E-state index contributed by atoms with van der Waals surface area (Å²) in [7, 11) is -12.1. The van der Waals surface area contributed by atoms with Crippen molar-refractivity contribution < 1.29 is 42.9 Å². The van der Waals surface area contributed by atoms with Crippen molar-refractivity contribution in [1.82, 2.24) is 0 Å². The van der Waals surface area contributed by atoms with Crippen LogP contribution in [0.25, 0.3) is 0 Å². The second-order valence-corrected chi connectivity index (χ2v) is 4.79. The molecule has 0 aromatic carbocycles. The number of alkyl halides is 5. The van der Waals surface area contributed by atoms with Gasteiger partial charge in [0.05, 0.1) is 0 Å². The van der Waals surface area contributed by atoms with Gasteiger partial charge in [0.2, 0.25) is 0 Å². The molecule has 0 aliphatic heterocycles. The van der Waals surface area contributed by atoms with Crippen molar-refractivity contribution in [3.05, 3.63) is 0 Å². The van der Waals surface area contributed by atoms with Gasteiger partial charge in [0.15, 0.2) is 0 Å². The van der Waals surface area contributed by atoms with Gasteiger partial charge in [-0.3, -0.25) is 0 Å². The SMILES string of the molecule is FC(F)(F)C(F)(F)[P-](F)(F)(F)(F)F. The summed E-state index contributed by atoms with van der Waals surface area (Å²) in [5, 5.41) is 0. The van der Waals surface area contributed by atoms with Gasteiger partial charge in [0.25, 0.3) is 0 Å². The molecule has 0 unspecified atom stereocenters. The molecule has 0 saturated carbocycles. The zero-order chi connectivity index (χ0) is 11.4. The third kappa shape index (κ3) is 1.97. The van der Waals surface area contributed by atoms with Gasteiger partial charge >= 0.3 is 62.3 Å². The summed E-state index contributed by atoms with van der Waals surface area (Å²) in [4.78, 5) is 0. The summed E-state index contributed by atoms with van der Waals surface area (Å²) < 4.78 is 110. The molecule has 0 aliphatic rings. The van der Waals surface area contributed by atoms with E-state index in [-0.39, 0.29) is 0 Å². The Morgan fingerprint density at radius 3 is 0.846 bits per heavy atom. The summed E-state index contributed by atoms with van der Waals surface area (Å²) in [5.41, 5.74) is -7.95. The maximum absolute atomic E-state index is 12.1. The van der Waals surface area contributed by atoms with Crippen molar-refractivity contribution in [2.75, 3.05) is 0 Å². The second-order valence-electron chi connectivity index (χ2n) is 2.10. The molecular weight excluding hydrogens is 245 g/mol. The Morgan fingerprint density at radius 1 is 0.615 bits per heavy atom. The van der Waals surface area contributed by atoms with E-state index in [0.717, 1.165) is 0 Å². The zero-order valence-corrected chi connectivity index (χ0v) is 6.12. The van der Waals surface area contributed by atoms with Crippen LogP contribution in [-0.4, -0.2) is 11.8 Å². The van der Waals surface area contributed by atoms with Crippen LogP contribution in [0.2, 0.25) is 0 Å². The van der Waals surface area contributed by atoms with Gasteiger partial charge in [0, 0.05) is 0 Å². The third-order valence-electron chi connectivity index (χ3n) is 0.872. The molecule has 0 aromatic heterocycles. The maximum atomic E-state index is 11.3. The van der Waals surface area contributed by atoms with E-state index in [1.807, 2.05) is 0 Å². The average Bonchev–Trinajstić information content (AvgIpc) is 1.52. The van der Waals surface area contributed by atoms with Crippen molar-refractivity contribution in [1.29, 1.82) is 0 Å². The van der Waals surface area contributed by atoms with Crippen LogP contribution in [0.3, 0.4) is 0 Å². The van der Waals surface area contributed by atoms with Crippen LogP contribution in [0.15, 0.2) is 0 Å². The van der Waals surface area contributed by atoms with E-state index < -0.39 is 19.3 Å². The Morgan fingerprint density at radius 2 is 0.846 bits per heavy atom. The predicted octanol–water partition coefficient (Wildman–Crippen LogP) is 4.65. The van der Waals surface area contributed by atoms with Crippen LogP contribution in [0, 0.1) is 0 Å². The molecule has 0 aromatic rings. The fraction of sp³-hybridized carbons (Fsp3) is 1.00. The predicted molar refractivity (Wildman–Crippen MR) is 23.5 cm³/mol. The molecule has 0 bridgehead atoms. The molecule has 13 heavy (non-hydrogen) atoms. The van der Waals surface area contributed by atoms with Gasteiger partial charge in [-0.15, -0.1) is 0 Å². The number of hydrogen-bond acceptors (Lipinski definition) is 0. The molecule has 0 heterocycles. The van der Waals surface area contributed by atoms with E-state index >= 15 is 0 Å². The Labute approximate surface area is 63.6 Å². The van der Waals surface area contributed by atoms with E-state index in [1.165, 1.54) is 0 Å². The van der Waals surface area contributed by atoms with Gasteiger partial charge < -0.3 is 0 Å². The molecular formula is C2F10P-. The Kier molecular flexibility index (Phi) is 1.85. The molecule has 0 amide bonds. The summed E-state index contributed by atoms with van der Waals surface area (Å²) in [6.07, 6.45) is -7.34. The minimum atomic E-state index is -12.1. The number of hydrogen-bond donors (Lipinski definition) is 0. The first-order valence-electron chi connectivity index (χ1n) is 2.26. The molecule has 0 N–H and O–H groups in total. The molecule has 0 saturated heterocycles. The summed E-state index contributed by atoms with van der Waals surface area (Å²) in [6, 6.07) is 0. The summed E-state index contributed by atoms with van der Waals surface area (Å²) in [6.45, 7) is 0. The van der Waals surface area contributed by atoms with Crippen molar-refractivity contribution >= 4 is 7.50 Å². The number of rotatable bonds is 1. The van der Waals surface area contributed by atoms with Crippen molar-refractivity contribution in [3.8, 4) is 0 Å². The average molecular weight is 245 g/mol. The fourth-order valence-electron chi connectivity index (χ4n) is 0.240. The van der Waals surface area contributed by atoms with Crippen LogP contribution in [-0.2, 0) is 0 Å². The first-order valence-corrected chi connectivity index (χ1v) is 4.40. The van der Waals surface area contributed by atoms with E-state index in [4.69, 9.17) is 0 Å². The third-order valence-corrected chi connectivity index (χ3v) is 2.19.